The highest BCUT2D eigenvalue weighted by Crippen LogP contribution is 2.24. The van der Waals surface area contributed by atoms with Crippen LogP contribution < -0.4 is 5.73 Å². The molecule has 2 atom stereocenters. The molecular weight excluding hydrogens is 230 g/mol. The molecule has 4 heteroatoms. The molecule has 2 aliphatic rings. The van der Waals surface area contributed by atoms with E-state index in [2.05, 4.69) is 16.7 Å². The number of rotatable bonds is 5. The van der Waals surface area contributed by atoms with Crippen molar-refractivity contribution in [1.29, 1.82) is 0 Å². The van der Waals surface area contributed by atoms with Gasteiger partial charge in [0, 0.05) is 25.2 Å². The van der Waals surface area contributed by atoms with Crippen LogP contribution in [0.15, 0.2) is 0 Å². The second-order valence-corrected chi connectivity index (χ2v) is 6.08. The van der Waals surface area contributed by atoms with Gasteiger partial charge in [0.25, 0.3) is 0 Å². The Morgan fingerprint density at radius 3 is 2.94 bits per heavy atom. The van der Waals surface area contributed by atoms with Crippen molar-refractivity contribution in [1.82, 2.24) is 9.80 Å². The highest BCUT2D eigenvalue weighted by Gasteiger charge is 2.33. The minimum absolute atomic E-state index is 0.665. The first-order chi connectivity index (χ1) is 8.16. The van der Waals surface area contributed by atoms with Crippen molar-refractivity contribution >= 4 is 17.2 Å². The highest BCUT2D eigenvalue weighted by molar-refractivity contribution is 7.80. The number of hydrogen-bond donors (Lipinski definition) is 1. The lowest BCUT2D eigenvalue weighted by molar-refractivity contribution is 0.0585. The molecule has 2 fully saturated rings. The van der Waals surface area contributed by atoms with Crippen LogP contribution in [0.1, 0.15) is 39.0 Å². The molecule has 0 aromatic heterocycles. The lowest BCUT2D eigenvalue weighted by Crippen LogP contribution is -2.54. The Hall–Kier alpha value is -0.190. The third kappa shape index (κ3) is 3.63. The maximum absolute atomic E-state index is 5.52. The fourth-order valence-electron chi connectivity index (χ4n) is 3.17. The SMILES string of the molecule is CC1CN2CCCC2CN1CCCCC(N)=S. The average molecular weight is 255 g/mol. The summed E-state index contributed by atoms with van der Waals surface area (Å²) in [6, 6.07) is 1.55. The number of fused-ring (bicyclic) bond motifs is 1. The third-order valence-electron chi connectivity index (χ3n) is 4.18. The molecule has 0 bridgehead atoms. The molecule has 2 N–H and O–H groups in total. The Bertz CT molecular complexity index is 269. The summed E-state index contributed by atoms with van der Waals surface area (Å²) in [5, 5.41) is 0. The zero-order valence-corrected chi connectivity index (χ0v) is 11.7. The molecule has 2 saturated heterocycles. The van der Waals surface area contributed by atoms with Gasteiger partial charge in [0.1, 0.15) is 0 Å². The van der Waals surface area contributed by atoms with Crippen molar-refractivity contribution in [2.45, 2.75) is 51.1 Å². The van der Waals surface area contributed by atoms with E-state index in [9.17, 15) is 0 Å². The van der Waals surface area contributed by atoms with E-state index in [4.69, 9.17) is 18.0 Å². The normalized spacial score (nSPS) is 30.4. The van der Waals surface area contributed by atoms with Crippen molar-refractivity contribution in [3.05, 3.63) is 0 Å². The van der Waals surface area contributed by atoms with Crippen LogP contribution in [0.5, 0.6) is 0 Å². The highest BCUT2D eigenvalue weighted by atomic mass is 32.1. The van der Waals surface area contributed by atoms with Crippen molar-refractivity contribution in [3.8, 4) is 0 Å². The van der Waals surface area contributed by atoms with E-state index in [1.807, 2.05) is 0 Å². The molecular formula is C13H25N3S. The first-order valence-electron chi connectivity index (χ1n) is 6.93. The zero-order chi connectivity index (χ0) is 12.3. The summed E-state index contributed by atoms with van der Waals surface area (Å²) in [5.41, 5.74) is 5.52. The molecule has 98 valence electrons. The Morgan fingerprint density at radius 1 is 1.35 bits per heavy atom. The molecule has 0 aromatic rings. The first kappa shape index (κ1) is 13.2. The molecule has 2 aliphatic heterocycles. The number of unbranched alkanes of at least 4 members (excludes halogenated alkanes) is 1. The number of thiocarbonyl (C=S) groups is 1. The molecule has 0 saturated carbocycles. The summed E-state index contributed by atoms with van der Waals surface area (Å²) in [7, 11) is 0. The van der Waals surface area contributed by atoms with Crippen LogP contribution in [0.4, 0.5) is 0 Å². The van der Waals surface area contributed by atoms with Gasteiger partial charge in [-0.3, -0.25) is 9.80 Å². The largest absolute Gasteiger partial charge is 0.393 e. The van der Waals surface area contributed by atoms with Gasteiger partial charge >= 0.3 is 0 Å². The summed E-state index contributed by atoms with van der Waals surface area (Å²) in [5.74, 6) is 0. The fourth-order valence-corrected chi connectivity index (χ4v) is 3.32. The topological polar surface area (TPSA) is 32.5 Å². The molecule has 0 amide bonds. The van der Waals surface area contributed by atoms with Crippen molar-refractivity contribution in [2.24, 2.45) is 5.73 Å². The summed E-state index contributed by atoms with van der Waals surface area (Å²) < 4.78 is 0. The average Bonchev–Trinajstić information content (AvgIpc) is 2.71. The van der Waals surface area contributed by atoms with E-state index in [-0.39, 0.29) is 0 Å². The van der Waals surface area contributed by atoms with Gasteiger partial charge in [-0.25, -0.2) is 0 Å². The molecule has 3 nitrogen and oxygen atoms in total. The van der Waals surface area contributed by atoms with Crippen molar-refractivity contribution < 1.29 is 0 Å². The van der Waals surface area contributed by atoms with Crippen LogP contribution in [-0.4, -0.2) is 53.1 Å². The Labute approximate surface area is 110 Å². The summed E-state index contributed by atoms with van der Waals surface area (Å²) in [6.07, 6.45) is 6.08. The minimum atomic E-state index is 0.665. The fraction of sp³-hybridized carbons (Fsp3) is 0.923. The lowest BCUT2D eigenvalue weighted by atomic mass is 10.1. The second kappa shape index (κ2) is 6.12. The van der Waals surface area contributed by atoms with Crippen LogP contribution in [0, 0.1) is 0 Å². The number of nitrogens with zero attached hydrogens (tertiary/aromatic N) is 2. The zero-order valence-electron chi connectivity index (χ0n) is 10.9. The van der Waals surface area contributed by atoms with Crippen LogP contribution in [0.2, 0.25) is 0 Å². The summed E-state index contributed by atoms with van der Waals surface area (Å²) in [6.45, 7) is 7.44. The molecule has 2 heterocycles. The Morgan fingerprint density at radius 2 is 2.18 bits per heavy atom. The predicted molar refractivity (Wildman–Crippen MR) is 76.3 cm³/mol. The molecule has 2 rings (SSSR count). The van der Waals surface area contributed by atoms with Gasteiger partial charge in [0.15, 0.2) is 0 Å². The maximum Gasteiger partial charge on any atom is 0.0727 e. The monoisotopic (exact) mass is 255 g/mol. The van der Waals surface area contributed by atoms with Crippen LogP contribution in [-0.2, 0) is 0 Å². The quantitative estimate of drug-likeness (QED) is 0.597. The molecule has 17 heavy (non-hydrogen) atoms. The van der Waals surface area contributed by atoms with Gasteiger partial charge in [-0.15, -0.1) is 0 Å². The summed E-state index contributed by atoms with van der Waals surface area (Å²) in [4.78, 5) is 6.00. The van der Waals surface area contributed by atoms with E-state index in [0.717, 1.165) is 18.9 Å². The maximum atomic E-state index is 5.52. The van der Waals surface area contributed by atoms with Gasteiger partial charge in [-0.05, 0) is 52.1 Å². The predicted octanol–water partition coefficient (Wildman–Crippen LogP) is 1.61. The van der Waals surface area contributed by atoms with Gasteiger partial charge in [-0.1, -0.05) is 12.2 Å². The van der Waals surface area contributed by atoms with E-state index < -0.39 is 0 Å². The van der Waals surface area contributed by atoms with Crippen molar-refractivity contribution in [3.63, 3.8) is 0 Å². The molecule has 0 radical (unpaired) electrons. The van der Waals surface area contributed by atoms with Crippen molar-refractivity contribution in [2.75, 3.05) is 26.2 Å². The molecule has 0 aliphatic carbocycles. The van der Waals surface area contributed by atoms with Gasteiger partial charge in [0.05, 0.1) is 4.99 Å². The Kier molecular flexibility index (Phi) is 4.77. The number of hydrogen-bond acceptors (Lipinski definition) is 3. The molecule has 0 aromatic carbocycles. The van der Waals surface area contributed by atoms with E-state index in [0.29, 0.717) is 11.0 Å². The molecule has 0 spiro atoms. The molecule has 2 unspecified atom stereocenters. The van der Waals surface area contributed by atoms with E-state index in [1.165, 1.54) is 45.4 Å². The van der Waals surface area contributed by atoms with E-state index in [1.54, 1.807) is 0 Å². The van der Waals surface area contributed by atoms with Gasteiger partial charge < -0.3 is 5.73 Å². The van der Waals surface area contributed by atoms with E-state index >= 15 is 0 Å². The smallest absolute Gasteiger partial charge is 0.0727 e. The van der Waals surface area contributed by atoms with Gasteiger partial charge in [0.2, 0.25) is 0 Å². The summed E-state index contributed by atoms with van der Waals surface area (Å²) >= 11 is 4.91. The number of nitrogens with two attached hydrogens (primary N) is 1. The van der Waals surface area contributed by atoms with Crippen LogP contribution in [0.3, 0.4) is 0 Å². The van der Waals surface area contributed by atoms with Gasteiger partial charge in [-0.2, -0.15) is 0 Å². The minimum Gasteiger partial charge on any atom is -0.393 e. The van der Waals surface area contributed by atoms with Crippen LogP contribution >= 0.6 is 12.2 Å². The Balaban J connectivity index is 1.71. The first-order valence-corrected chi connectivity index (χ1v) is 7.34. The lowest BCUT2D eigenvalue weighted by Gasteiger charge is -2.42. The third-order valence-corrected chi connectivity index (χ3v) is 4.39. The van der Waals surface area contributed by atoms with Crippen LogP contribution in [0.25, 0.3) is 0 Å². The second-order valence-electron chi connectivity index (χ2n) is 5.56. The number of piperazine rings is 1. The standard InChI is InChI=1S/C13H25N3S/c1-11-9-16-8-4-5-12(16)10-15(11)7-3-2-6-13(14)17/h11-12H,2-10H2,1H3,(H2,14,17).